The van der Waals surface area contributed by atoms with Crippen molar-refractivity contribution in [3.05, 3.63) is 288 Å². The SMILES string of the molecule is C1=CCC=C1.C1=CCN=C1.C1=CN=CC1.CC.CC.CC.CC.CC.CC.CC.CC.CC.CC.CC.CC.[Y].[c-]1ccccc1Cc1[c-]cccc1.c1ccncc1.c1ccnnc1.c1cn[nH]n1.c1cnccn1.c1cncnc1.c1cnnnc1.c1nc[nH]n1.c1ncncn1. The van der Waals surface area contributed by atoms with E-state index < -0.39 is 0 Å². The zero-order valence-corrected chi connectivity index (χ0v) is 67.7. The molecule has 2 N–H and O–H groups in total. The summed E-state index contributed by atoms with van der Waals surface area (Å²) in [4.78, 5) is 40.4. The molecule has 1 aliphatic carbocycles. The fourth-order valence-electron chi connectivity index (χ4n) is 4.10. The van der Waals surface area contributed by atoms with Gasteiger partial charge in [-0.3, -0.25) is 30.0 Å². The molecule has 10 heterocycles. The minimum atomic E-state index is 0. The molecule has 0 bridgehead atoms. The molecule has 2 aliphatic heterocycles. The molecule has 21 nitrogen and oxygen atoms in total. The number of aromatic amines is 2. The molecule has 0 atom stereocenters. The Hall–Kier alpha value is -9.47. The predicted octanol–water partition coefficient (Wildman–Crippen LogP) is 20.2. The van der Waals surface area contributed by atoms with Crippen molar-refractivity contribution < 1.29 is 32.7 Å². The third kappa shape index (κ3) is 130. The van der Waals surface area contributed by atoms with Gasteiger partial charge < -0.3 is 0 Å². The van der Waals surface area contributed by atoms with Crippen molar-refractivity contribution in [2.75, 3.05) is 6.54 Å². The van der Waals surface area contributed by atoms with E-state index in [2.05, 4.69) is 155 Å². The molecular formula is C77H127N21Y-2. The Morgan fingerprint density at radius 1 is 0.343 bits per heavy atom. The van der Waals surface area contributed by atoms with Gasteiger partial charge in [-0.25, -0.2) is 29.9 Å². The van der Waals surface area contributed by atoms with Gasteiger partial charge in [0, 0.05) is 120 Å². The van der Waals surface area contributed by atoms with E-state index in [4.69, 9.17) is 0 Å². The summed E-state index contributed by atoms with van der Waals surface area (Å²) in [5, 5.41) is 32.5. The minimum Gasteiger partial charge on any atom is -0.289 e. The number of allylic oxidation sites excluding steroid dienone is 6. The second kappa shape index (κ2) is 144. The van der Waals surface area contributed by atoms with Gasteiger partial charge in [-0.05, 0) is 60.5 Å². The summed E-state index contributed by atoms with van der Waals surface area (Å²) < 4.78 is 0. The van der Waals surface area contributed by atoms with Crippen LogP contribution in [0, 0.1) is 12.1 Å². The van der Waals surface area contributed by atoms with E-state index in [-0.39, 0.29) is 32.7 Å². The van der Waals surface area contributed by atoms with E-state index in [9.17, 15) is 0 Å². The van der Waals surface area contributed by atoms with Crippen LogP contribution in [0.4, 0.5) is 0 Å². The molecule has 0 fully saturated rings. The molecule has 545 valence electrons. The molecule has 0 spiro atoms. The van der Waals surface area contributed by atoms with Gasteiger partial charge in [0.1, 0.15) is 38.0 Å². The average molecular weight is 1440 g/mol. The number of hydrogen-bond acceptors (Lipinski definition) is 19. The standard InChI is InChI=1S/C13H10.C5H5N.C5H6.3C4H4N2.2C4H5N.2C3H3N3.2C2H3N3.12C2H6.Y/c1-3-7-12(8-4-1)11-13-9-5-2-6-10-13;1-2-4-6-5-3-1;1-2-4-5-3-1;1-2-6-4-3-5-1;1-2-5-4-6-3-1;1-2-4-6-5-3-1;2*1-2-4-5-3-1;1-4-2-6-3-5-1;1-2-4-6-5-3-1;1-3-2-5-4-1;1-2-4-5-3-1;12*1-2;/h1-7,9H,11H2;1-5H;1-4H,5H2;3*1-4H;1,3-4H,2H2;1-3H,4H2;2*1-3H;2*1-2H,(H,3,4,5);12*1-2H3;/q-2;;;;;;;;;;;;;;;;;;;;;;;;. The van der Waals surface area contributed by atoms with Crippen molar-refractivity contribution in [3.63, 3.8) is 0 Å². The van der Waals surface area contributed by atoms with E-state index in [0.29, 0.717) is 0 Å². The van der Waals surface area contributed by atoms with Crippen molar-refractivity contribution in [2.24, 2.45) is 9.98 Å². The van der Waals surface area contributed by atoms with Crippen molar-refractivity contribution in [3.8, 4) is 0 Å². The van der Waals surface area contributed by atoms with Gasteiger partial charge in [0.2, 0.25) is 0 Å². The number of H-pyrrole nitrogens is 2. The van der Waals surface area contributed by atoms with Crippen LogP contribution in [0.3, 0.4) is 0 Å². The number of pyridine rings is 1. The Morgan fingerprint density at radius 2 is 0.758 bits per heavy atom. The largest absolute Gasteiger partial charge is 0.289 e. The van der Waals surface area contributed by atoms with Crippen LogP contribution in [0.25, 0.3) is 0 Å². The maximum absolute atomic E-state index is 3.85. The van der Waals surface area contributed by atoms with E-state index >= 15 is 0 Å². The van der Waals surface area contributed by atoms with Crippen molar-refractivity contribution in [1.82, 2.24) is 96.1 Å². The first kappa shape index (κ1) is 117. The zero-order chi connectivity index (χ0) is 76.1. The van der Waals surface area contributed by atoms with Crippen LogP contribution in [0.15, 0.2) is 274 Å². The Kier molecular flexibility index (Phi) is 170. The summed E-state index contributed by atoms with van der Waals surface area (Å²) in [6, 6.07) is 35.4. The number of rotatable bonds is 2. The Bertz CT molecular complexity index is 2130. The molecule has 3 aliphatic rings. The van der Waals surface area contributed by atoms with Crippen LogP contribution >= 0.6 is 0 Å². The second-order valence-corrected chi connectivity index (χ2v) is 12.6. The molecule has 0 saturated carbocycles. The molecule has 0 amide bonds. The van der Waals surface area contributed by atoms with Crippen LogP contribution in [0.2, 0.25) is 0 Å². The van der Waals surface area contributed by atoms with Crippen LogP contribution in [0.5, 0.6) is 0 Å². The predicted molar refractivity (Wildman–Crippen MR) is 420 cm³/mol. The number of benzene rings is 2. The Balaban J connectivity index is -0.0000000817. The smallest absolute Gasteiger partial charge is 0.137 e. The fraction of sp³-hybridized carbons (Fsp3) is 0.364. The summed E-state index contributed by atoms with van der Waals surface area (Å²) in [5.41, 5.74) is 2.43. The number of hydrogen-bond donors (Lipinski definition) is 2. The monoisotopic (exact) mass is 1430 g/mol. The molecule has 99 heavy (non-hydrogen) atoms. The van der Waals surface area contributed by atoms with Gasteiger partial charge in [0.05, 0.1) is 31.3 Å². The van der Waals surface area contributed by atoms with Crippen LogP contribution in [-0.4, -0.2) is 115 Å². The van der Waals surface area contributed by atoms with Crippen molar-refractivity contribution in [1.29, 1.82) is 0 Å². The summed E-state index contributed by atoms with van der Waals surface area (Å²) in [5.74, 6) is 0. The first-order valence-corrected chi connectivity index (χ1v) is 34.2. The zero-order valence-electron chi connectivity index (χ0n) is 64.9. The third-order valence-corrected chi connectivity index (χ3v) is 7.14. The van der Waals surface area contributed by atoms with Gasteiger partial charge in [-0.1, -0.05) is 209 Å². The second-order valence-electron chi connectivity index (χ2n) is 12.6. The topological polar surface area (TPSA) is 275 Å². The van der Waals surface area contributed by atoms with Crippen LogP contribution < -0.4 is 0 Å². The molecule has 8 aromatic heterocycles. The summed E-state index contributed by atoms with van der Waals surface area (Å²) in [6.07, 6.45) is 54.7. The first-order valence-electron chi connectivity index (χ1n) is 34.2. The van der Waals surface area contributed by atoms with E-state index in [0.717, 1.165) is 25.8 Å². The molecule has 0 saturated heterocycles. The van der Waals surface area contributed by atoms with E-state index in [1.807, 2.05) is 257 Å². The van der Waals surface area contributed by atoms with Crippen molar-refractivity contribution in [2.45, 2.75) is 185 Å². The normalized spacial score (nSPS) is 8.40. The van der Waals surface area contributed by atoms with Crippen LogP contribution in [0.1, 0.15) is 190 Å². The van der Waals surface area contributed by atoms with Gasteiger partial charge in [0.15, 0.2) is 0 Å². The third-order valence-electron chi connectivity index (χ3n) is 7.14. The average Bonchev–Trinajstić information content (AvgIpc) is 3.05. The summed E-state index contributed by atoms with van der Waals surface area (Å²) in [7, 11) is 0. The molecular weight excluding hydrogens is 1310 g/mol. The molecule has 10 aromatic rings. The van der Waals surface area contributed by atoms with Crippen molar-refractivity contribution >= 4 is 12.4 Å². The number of aliphatic imine (C=N–C) groups is 2. The van der Waals surface area contributed by atoms with Gasteiger partial charge in [-0.2, -0.15) is 102 Å². The molecule has 2 aromatic carbocycles. The van der Waals surface area contributed by atoms with E-state index in [1.165, 1.54) is 49.1 Å². The van der Waals surface area contributed by atoms with Gasteiger partial charge >= 0.3 is 0 Å². The van der Waals surface area contributed by atoms with Gasteiger partial charge in [0.25, 0.3) is 0 Å². The number of nitrogens with one attached hydrogen (secondary N) is 2. The van der Waals surface area contributed by atoms with Gasteiger partial charge in [-0.15, -0.1) is 10.2 Å². The summed E-state index contributed by atoms with van der Waals surface area (Å²) in [6.45, 7) is 48.9. The molecule has 0 unspecified atom stereocenters. The fourth-order valence-corrected chi connectivity index (χ4v) is 4.10. The molecule has 13 rings (SSSR count). The number of aromatic nitrogens is 19. The Labute approximate surface area is 626 Å². The maximum atomic E-state index is 3.85. The van der Waals surface area contributed by atoms with E-state index in [1.54, 1.807) is 111 Å². The molecule has 1 radical (unpaired) electrons. The Morgan fingerprint density at radius 3 is 0.919 bits per heavy atom. The van der Waals surface area contributed by atoms with Crippen LogP contribution in [-0.2, 0) is 39.1 Å². The minimum absolute atomic E-state index is 0. The maximum Gasteiger partial charge on any atom is 0.137 e. The summed E-state index contributed by atoms with van der Waals surface area (Å²) >= 11 is 0. The molecule has 22 heteroatoms. The number of nitrogens with zero attached hydrogens (tertiary/aromatic N) is 19. The quantitative estimate of drug-likeness (QED) is 0.152. The first-order chi connectivity index (χ1) is 48.9.